The molecule has 0 fully saturated rings. The van der Waals surface area contributed by atoms with Crippen molar-refractivity contribution < 1.29 is 23.2 Å². The lowest BCUT2D eigenvalue weighted by Gasteiger charge is -2.39. The van der Waals surface area contributed by atoms with E-state index in [0.29, 0.717) is 5.56 Å². The summed E-state index contributed by atoms with van der Waals surface area (Å²) in [6.45, 7) is 7.28. The number of hydrogen-bond acceptors (Lipinski definition) is 6. The van der Waals surface area contributed by atoms with Gasteiger partial charge >= 0.3 is 0 Å². The highest BCUT2D eigenvalue weighted by molar-refractivity contribution is 7.92. The average molecular weight is 452 g/mol. The van der Waals surface area contributed by atoms with Gasteiger partial charge in [-0.05, 0) is 36.8 Å². The first-order valence-corrected chi connectivity index (χ1v) is 12.0. The molecule has 0 bridgehead atoms. The summed E-state index contributed by atoms with van der Waals surface area (Å²) in [7, 11) is -4.04. The molecule has 3 atom stereocenters. The monoisotopic (exact) mass is 451 g/mol. The van der Waals surface area contributed by atoms with Crippen molar-refractivity contribution in [3.8, 4) is 11.8 Å². The zero-order chi connectivity index (χ0) is 23.8. The molecule has 0 radical (unpaired) electrons. The van der Waals surface area contributed by atoms with E-state index in [1.807, 2.05) is 19.3 Å². The molecule has 0 aliphatic carbocycles. The van der Waals surface area contributed by atoms with Crippen molar-refractivity contribution in [3.05, 3.63) is 35.9 Å². The fourth-order valence-corrected chi connectivity index (χ4v) is 5.44. The zero-order valence-corrected chi connectivity index (χ0v) is 19.5. The van der Waals surface area contributed by atoms with Crippen LogP contribution in [0.2, 0.25) is 0 Å². The lowest BCUT2D eigenvalue weighted by Crippen LogP contribution is -2.57. The van der Waals surface area contributed by atoms with E-state index in [2.05, 4.69) is 11.8 Å². The Balaban J connectivity index is 3.93. The summed E-state index contributed by atoms with van der Waals surface area (Å²) in [5, 5.41) is 9.49. The molecular weight excluding hydrogens is 418 g/mol. The van der Waals surface area contributed by atoms with E-state index < -0.39 is 38.2 Å². The summed E-state index contributed by atoms with van der Waals surface area (Å²) >= 11 is 0. The molecule has 172 valence electrons. The molecule has 1 rings (SSSR count). The van der Waals surface area contributed by atoms with Crippen LogP contribution in [0.15, 0.2) is 30.3 Å². The van der Waals surface area contributed by atoms with Crippen LogP contribution < -0.4 is 16.7 Å². The molecule has 2 amide bonds. The maximum absolute atomic E-state index is 13.2. The number of nitrogens with two attached hydrogens (primary N) is 1. The highest BCUT2D eigenvalue weighted by atomic mass is 32.2. The highest BCUT2D eigenvalue weighted by Gasteiger charge is 2.55. The molecule has 0 aliphatic rings. The molecule has 9 heteroatoms. The molecule has 31 heavy (non-hydrogen) atoms. The minimum Gasteiger partial charge on any atom is -0.294 e. The van der Waals surface area contributed by atoms with E-state index in [-0.39, 0.29) is 24.7 Å². The number of amides is 2. The predicted molar refractivity (Wildman–Crippen MR) is 119 cm³/mol. The summed E-state index contributed by atoms with van der Waals surface area (Å²) in [6, 6.07) is 8.75. The van der Waals surface area contributed by atoms with Crippen molar-refractivity contribution in [3.63, 3.8) is 0 Å². The number of hydrazine groups is 1. The zero-order valence-electron chi connectivity index (χ0n) is 18.7. The second kappa shape index (κ2) is 11.3. The topological polar surface area (TPSA) is 139 Å². The van der Waals surface area contributed by atoms with Gasteiger partial charge in [0.05, 0.1) is 11.8 Å². The largest absolute Gasteiger partial charge is 0.294 e. The van der Waals surface area contributed by atoms with Crippen LogP contribution in [0.4, 0.5) is 0 Å². The third-order valence-electron chi connectivity index (χ3n) is 5.07. The summed E-state index contributed by atoms with van der Waals surface area (Å²) < 4.78 is 24.6. The van der Waals surface area contributed by atoms with Gasteiger partial charge in [0.25, 0.3) is 0 Å². The molecule has 1 unspecified atom stereocenters. The van der Waals surface area contributed by atoms with Gasteiger partial charge in [-0.2, -0.15) is 0 Å². The van der Waals surface area contributed by atoms with Gasteiger partial charge in [-0.1, -0.05) is 57.7 Å². The quantitative estimate of drug-likeness (QED) is 0.148. The highest BCUT2D eigenvalue weighted by Crippen LogP contribution is 2.40. The van der Waals surface area contributed by atoms with E-state index in [1.165, 1.54) is 0 Å². The first-order valence-electron chi connectivity index (χ1n) is 10.1. The van der Waals surface area contributed by atoms with Crippen molar-refractivity contribution in [2.24, 2.45) is 29.5 Å². The summed E-state index contributed by atoms with van der Waals surface area (Å²) in [5.41, 5.74) is 4.15. The maximum atomic E-state index is 13.2. The normalized spacial score (nSPS) is 15.4. The van der Waals surface area contributed by atoms with Crippen LogP contribution in [0.3, 0.4) is 0 Å². The Kier molecular flexibility index (Phi) is 9.69. The lowest BCUT2D eigenvalue weighted by atomic mass is 9.73. The lowest BCUT2D eigenvalue weighted by molar-refractivity contribution is -0.142. The molecule has 8 nitrogen and oxygen atoms in total. The van der Waals surface area contributed by atoms with Crippen LogP contribution in [-0.2, 0) is 19.4 Å². The molecular formula is C22H33N3O5S. The van der Waals surface area contributed by atoms with Crippen LogP contribution in [-0.4, -0.2) is 36.4 Å². The smallest absolute Gasteiger partial charge is 0.249 e. The molecule has 5 N–H and O–H groups in total. The van der Waals surface area contributed by atoms with Gasteiger partial charge < -0.3 is 0 Å². The number of rotatable bonds is 9. The van der Waals surface area contributed by atoms with E-state index in [0.717, 1.165) is 6.26 Å². The fraction of sp³-hybridized carbons (Fsp3) is 0.545. The third-order valence-corrected chi connectivity index (χ3v) is 6.91. The number of carbonyl (C=O) groups is 2. The van der Waals surface area contributed by atoms with Crippen molar-refractivity contribution >= 4 is 21.7 Å². The number of hydrogen-bond donors (Lipinski definition) is 4. The first kappa shape index (κ1) is 26.6. The van der Waals surface area contributed by atoms with Crippen LogP contribution >= 0.6 is 0 Å². The molecule has 1 aromatic carbocycles. The fourth-order valence-electron chi connectivity index (χ4n) is 3.83. The van der Waals surface area contributed by atoms with E-state index in [1.54, 1.807) is 49.7 Å². The van der Waals surface area contributed by atoms with Gasteiger partial charge in [0.15, 0.2) is 9.84 Å². The first-order chi connectivity index (χ1) is 14.4. The van der Waals surface area contributed by atoms with Crippen LogP contribution in [0.5, 0.6) is 0 Å². The molecule has 0 spiro atoms. The minimum atomic E-state index is -4.04. The van der Waals surface area contributed by atoms with Gasteiger partial charge in [-0.25, -0.2) is 19.7 Å². The minimum absolute atomic E-state index is 0.0177. The van der Waals surface area contributed by atoms with Crippen molar-refractivity contribution in [1.29, 1.82) is 0 Å². The predicted octanol–water partition coefficient (Wildman–Crippen LogP) is 1.64. The number of nitrogens with one attached hydrogen (secondary N) is 2. The van der Waals surface area contributed by atoms with E-state index >= 15 is 0 Å². The van der Waals surface area contributed by atoms with Crippen LogP contribution in [0, 0.1) is 35.5 Å². The molecule has 0 aliphatic heterocycles. The van der Waals surface area contributed by atoms with E-state index in [9.17, 15) is 23.2 Å². The van der Waals surface area contributed by atoms with Crippen molar-refractivity contribution in [1.82, 2.24) is 10.9 Å². The van der Waals surface area contributed by atoms with Gasteiger partial charge in [0.2, 0.25) is 11.8 Å². The Morgan fingerprint density at radius 2 is 1.68 bits per heavy atom. The third kappa shape index (κ3) is 6.79. The molecule has 0 heterocycles. The molecule has 0 saturated carbocycles. The Morgan fingerprint density at radius 1 is 1.10 bits per heavy atom. The van der Waals surface area contributed by atoms with Gasteiger partial charge in [-0.15, -0.1) is 0 Å². The molecule has 0 saturated heterocycles. The number of hydroxylamine groups is 1. The SMILES string of the molecule is CC(C)C[C@@H](C(=O)NN)[C@@H](C(=O)NO)C(C#Cc1ccccc1)(CC(C)C)S(C)(=O)=O. The van der Waals surface area contributed by atoms with Crippen molar-refractivity contribution in [2.45, 2.75) is 45.3 Å². The standard InChI is InChI=1S/C22H33N3O5S/c1-15(2)13-18(20(26)24-23)19(21(27)25-28)22(14-16(3)4,31(5,29)30)12-11-17-9-7-6-8-10-17/h6-10,15-16,18-19,28H,13-14,23H2,1-5H3,(H,24,26)(H,25,27)/t18-,19+,22?/m1/s1. The maximum Gasteiger partial charge on any atom is 0.249 e. The summed E-state index contributed by atoms with van der Waals surface area (Å²) in [6.07, 6.45) is 1.15. The second-order valence-electron chi connectivity index (χ2n) is 8.57. The van der Waals surface area contributed by atoms with Crippen LogP contribution in [0.1, 0.15) is 46.1 Å². The number of carbonyl (C=O) groups excluding carboxylic acids is 2. The van der Waals surface area contributed by atoms with Gasteiger partial charge in [-0.3, -0.25) is 20.2 Å². The van der Waals surface area contributed by atoms with Gasteiger partial charge in [0, 0.05) is 11.8 Å². The van der Waals surface area contributed by atoms with Crippen molar-refractivity contribution in [2.75, 3.05) is 6.26 Å². The van der Waals surface area contributed by atoms with E-state index in [4.69, 9.17) is 5.84 Å². The molecule has 0 aromatic heterocycles. The van der Waals surface area contributed by atoms with Gasteiger partial charge in [0.1, 0.15) is 4.75 Å². The summed E-state index contributed by atoms with van der Waals surface area (Å²) in [4.78, 5) is 25.6. The number of sulfone groups is 1. The second-order valence-corrected chi connectivity index (χ2v) is 10.8. The Morgan fingerprint density at radius 3 is 2.10 bits per heavy atom. The molecule has 1 aromatic rings. The Hall–Kier alpha value is -2.41. The average Bonchev–Trinajstić information content (AvgIpc) is 2.69. The Bertz CT molecular complexity index is 919. The number of benzene rings is 1. The summed E-state index contributed by atoms with van der Waals surface area (Å²) in [5.74, 6) is 6.52. The van der Waals surface area contributed by atoms with Crippen LogP contribution in [0.25, 0.3) is 0 Å². The Labute approximate surface area is 184 Å².